The number of piperidine rings is 1. The van der Waals surface area contributed by atoms with Gasteiger partial charge in [-0.05, 0) is 26.2 Å². The highest BCUT2D eigenvalue weighted by molar-refractivity contribution is 7.89. The van der Waals surface area contributed by atoms with Gasteiger partial charge in [0.2, 0.25) is 10.0 Å². The molecule has 0 saturated carbocycles. The molecule has 2 heterocycles. The zero-order valence-corrected chi connectivity index (χ0v) is 14.4. The number of rotatable bonds is 6. The van der Waals surface area contributed by atoms with E-state index in [9.17, 15) is 8.42 Å². The van der Waals surface area contributed by atoms with E-state index in [2.05, 4.69) is 9.97 Å². The summed E-state index contributed by atoms with van der Waals surface area (Å²) in [5, 5.41) is 0. The van der Waals surface area contributed by atoms with E-state index in [1.807, 2.05) is 13.8 Å². The van der Waals surface area contributed by atoms with Gasteiger partial charge in [0.05, 0.1) is 18.1 Å². The van der Waals surface area contributed by atoms with Crippen molar-refractivity contribution in [2.45, 2.75) is 45.6 Å². The Labute approximate surface area is 133 Å². The zero-order valence-electron chi connectivity index (χ0n) is 13.6. The van der Waals surface area contributed by atoms with Crippen LogP contribution in [0.15, 0.2) is 6.20 Å². The molecule has 1 aliphatic heterocycles. The fourth-order valence-electron chi connectivity index (χ4n) is 2.94. The topological polar surface area (TPSA) is 72.4 Å². The lowest BCUT2D eigenvalue weighted by Gasteiger charge is -2.32. The third-order valence-corrected chi connectivity index (χ3v) is 5.99. The Morgan fingerprint density at radius 3 is 2.91 bits per heavy atom. The molecule has 2 rings (SSSR count). The zero-order chi connectivity index (χ0) is 16.2. The second kappa shape index (κ2) is 7.48. The van der Waals surface area contributed by atoms with Crippen LogP contribution in [-0.2, 0) is 21.4 Å². The van der Waals surface area contributed by atoms with Gasteiger partial charge in [0, 0.05) is 37.9 Å². The fourth-order valence-corrected chi connectivity index (χ4v) is 4.53. The van der Waals surface area contributed by atoms with Gasteiger partial charge in [-0.25, -0.2) is 22.7 Å². The first kappa shape index (κ1) is 17.3. The molecule has 1 aromatic rings. The van der Waals surface area contributed by atoms with Crippen LogP contribution < -0.4 is 0 Å². The van der Waals surface area contributed by atoms with Crippen LogP contribution in [0.2, 0.25) is 0 Å². The molecule has 22 heavy (non-hydrogen) atoms. The molecular formula is C15H25N3O3S. The molecule has 124 valence electrons. The summed E-state index contributed by atoms with van der Waals surface area (Å²) in [6.07, 6.45) is 4.25. The molecule has 1 aromatic heterocycles. The minimum absolute atomic E-state index is 0.118. The Bertz CT molecular complexity index is 604. The van der Waals surface area contributed by atoms with Crippen LogP contribution in [0, 0.1) is 6.92 Å². The fraction of sp³-hybridized carbons (Fsp3) is 0.733. The average Bonchev–Trinajstić information content (AvgIpc) is 2.49. The first-order valence-electron chi connectivity index (χ1n) is 7.77. The highest BCUT2D eigenvalue weighted by Gasteiger charge is 2.30. The van der Waals surface area contributed by atoms with Crippen molar-refractivity contribution >= 4 is 10.0 Å². The summed E-state index contributed by atoms with van der Waals surface area (Å²) in [6, 6.07) is 0. The number of hydrogen-bond acceptors (Lipinski definition) is 5. The maximum Gasteiger partial charge on any atom is 0.214 e. The number of sulfonamides is 1. The van der Waals surface area contributed by atoms with Gasteiger partial charge >= 0.3 is 0 Å². The molecule has 1 atom stereocenters. The SMILES string of the molecule is CCCS(=O)(=O)N1CCCC(c2nc(C)ncc2COC)C1. The van der Waals surface area contributed by atoms with E-state index in [-0.39, 0.29) is 11.7 Å². The summed E-state index contributed by atoms with van der Waals surface area (Å²) in [5.41, 5.74) is 1.89. The van der Waals surface area contributed by atoms with Gasteiger partial charge < -0.3 is 4.74 Å². The van der Waals surface area contributed by atoms with Crippen LogP contribution >= 0.6 is 0 Å². The highest BCUT2D eigenvalue weighted by Crippen LogP contribution is 2.29. The van der Waals surface area contributed by atoms with Crippen LogP contribution in [0.1, 0.15) is 49.2 Å². The quantitative estimate of drug-likeness (QED) is 0.797. The van der Waals surface area contributed by atoms with Crippen LogP contribution in [0.3, 0.4) is 0 Å². The van der Waals surface area contributed by atoms with E-state index >= 15 is 0 Å². The predicted octanol–water partition coefficient (Wildman–Crippen LogP) is 1.85. The van der Waals surface area contributed by atoms with E-state index in [0.29, 0.717) is 31.9 Å². The molecule has 6 nitrogen and oxygen atoms in total. The van der Waals surface area contributed by atoms with Gasteiger partial charge in [0.25, 0.3) is 0 Å². The minimum Gasteiger partial charge on any atom is -0.380 e. The third kappa shape index (κ3) is 4.02. The number of nitrogens with zero attached hydrogens (tertiary/aromatic N) is 3. The highest BCUT2D eigenvalue weighted by atomic mass is 32.2. The number of methoxy groups -OCH3 is 1. The molecule has 0 amide bonds. The van der Waals surface area contributed by atoms with Crippen LogP contribution in [0.5, 0.6) is 0 Å². The summed E-state index contributed by atoms with van der Waals surface area (Å²) < 4.78 is 31.5. The van der Waals surface area contributed by atoms with Crippen molar-refractivity contribution in [2.24, 2.45) is 0 Å². The molecule has 0 aromatic carbocycles. The second-order valence-corrected chi connectivity index (χ2v) is 7.86. The average molecular weight is 327 g/mol. The lowest BCUT2D eigenvalue weighted by Crippen LogP contribution is -2.40. The van der Waals surface area contributed by atoms with Crippen LogP contribution in [0.25, 0.3) is 0 Å². The van der Waals surface area contributed by atoms with Gasteiger partial charge in [-0.2, -0.15) is 0 Å². The number of hydrogen-bond donors (Lipinski definition) is 0. The van der Waals surface area contributed by atoms with Gasteiger partial charge in [-0.15, -0.1) is 0 Å². The molecule has 1 unspecified atom stereocenters. The first-order chi connectivity index (χ1) is 10.5. The number of aryl methyl sites for hydroxylation is 1. The Hall–Kier alpha value is -1.05. The largest absolute Gasteiger partial charge is 0.380 e. The van der Waals surface area contributed by atoms with Crippen molar-refractivity contribution in [1.82, 2.24) is 14.3 Å². The van der Waals surface area contributed by atoms with Crippen molar-refractivity contribution in [3.05, 3.63) is 23.3 Å². The van der Waals surface area contributed by atoms with E-state index in [1.165, 1.54) is 0 Å². The first-order valence-corrected chi connectivity index (χ1v) is 9.38. The maximum absolute atomic E-state index is 12.3. The Balaban J connectivity index is 2.24. The molecule has 0 bridgehead atoms. The molecule has 0 N–H and O–H groups in total. The molecule has 1 aliphatic rings. The van der Waals surface area contributed by atoms with Crippen LogP contribution in [-0.4, -0.2) is 48.6 Å². The Morgan fingerprint density at radius 2 is 2.23 bits per heavy atom. The van der Waals surface area contributed by atoms with Crippen molar-refractivity contribution < 1.29 is 13.2 Å². The summed E-state index contributed by atoms with van der Waals surface area (Å²) in [4.78, 5) is 8.79. The van der Waals surface area contributed by atoms with Crippen LogP contribution in [0.4, 0.5) is 0 Å². The van der Waals surface area contributed by atoms with Crippen molar-refractivity contribution in [3.63, 3.8) is 0 Å². The number of aromatic nitrogens is 2. The molecular weight excluding hydrogens is 302 g/mol. The Morgan fingerprint density at radius 1 is 1.45 bits per heavy atom. The van der Waals surface area contributed by atoms with Crippen molar-refractivity contribution in [1.29, 1.82) is 0 Å². The third-order valence-electron chi connectivity index (χ3n) is 3.94. The smallest absolute Gasteiger partial charge is 0.214 e. The van der Waals surface area contributed by atoms with E-state index in [4.69, 9.17) is 4.74 Å². The molecule has 7 heteroatoms. The van der Waals surface area contributed by atoms with E-state index < -0.39 is 10.0 Å². The van der Waals surface area contributed by atoms with E-state index in [1.54, 1.807) is 17.6 Å². The van der Waals surface area contributed by atoms with E-state index in [0.717, 1.165) is 24.1 Å². The summed E-state index contributed by atoms with van der Waals surface area (Å²) in [7, 11) is -1.51. The molecule has 1 saturated heterocycles. The maximum atomic E-state index is 12.3. The minimum atomic E-state index is -3.15. The lowest BCUT2D eigenvalue weighted by molar-refractivity contribution is 0.182. The van der Waals surface area contributed by atoms with Gasteiger partial charge in [-0.3, -0.25) is 0 Å². The molecule has 0 aliphatic carbocycles. The van der Waals surface area contributed by atoms with Crippen molar-refractivity contribution in [3.8, 4) is 0 Å². The van der Waals surface area contributed by atoms with Gasteiger partial charge in [0.1, 0.15) is 5.82 Å². The predicted molar refractivity (Wildman–Crippen MR) is 85.1 cm³/mol. The van der Waals surface area contributed by atoms with Gasteiger partial charge in [-0.1, -0.05) is 6.92 Å². The van der Waals surface area contributed by atoms with Crippen molar-refractivity contribution in [2.75, 3.05) is 26.0 Å². The molecule has 1 fully saturated rings. The standard InChI is InChI=1S/C15H25N3O3S/c1-4-8-22(19,20)18-7-5-6-13(10-18)15-14(11-21-3)9-16-12(2)17-15/h9,13H,4-8,10-11H2,1-3H3. The summed E-state index contributed by atoms with van der Waals surface area (Å²) >= 11 is 0. The molecule has 0 radical (unpaired) electrons. The normalized spacial score (nSPS) is 20.2. The Kier molecular flexibility index (Phi) is 5.88. The lowest BCUT2D eigenvalue weighted by atomic mass is 9.93. The summed E-state index contributed by atoms with van der Waals surface area (Å²) in [6.45, 7) is 5.32. The summed E-state index contributed by atoms with van der Waals surface area (Å²) in [5.74, 6) is 1.05. The number of ether oxygens (including phenoxy) is 1. The monoisotopic (exact) mass is 327 g/mol. The van der Waals surface area contributed by atoms with Gasteiger partial charge in [0.15, 0.2) is 0 Å². The second-order valence-electron chi connectivity index (χ2n) is 5.77. The molecule has 0 spiro atoms.